The number of nitrogens with zero attached hydrogens (tertiary/aromatic N) is 1. The molecule has 0 amide bonds. The maximum Gasteiger partial charge on any atom is 0.173 e. The molecule has 0 fully saturated rings. The third-order valence-corrected chi connectivity index (χ3v) is 2.55. The number of rotatable bonds is 3. The topological polar surface area (TPSA) is 43.1 Å². The molecule has 0 N–H and O–H groups in total. The minimum Gasteiger partial charge on any atom is -0.364 e. The van der Waals surface area contributed by atoms with Crippen LogP contribution in [0.25, 0.3) is 11.3 Å². The van der Waals surface area contributed by atoms with E-state index >= 15 is 0 Å². The Labute approximate surface area is 95.2 Å². The average Bonchev–Trinajstić information content (AvgIpc) is 2.82. The molecule has 0 aliphatic carbocycles. The number of carbonyl (C=O) groups excluding carboxylic acids is 1. The number of aromatic nitrogens is 1. The molecule has 15 heavy (non-hydrogen) atoms. The third kappa shape index (κ3) is 2.15. The molecule has 0 saturated heterocycles. The zero-order valence-electron chi connectivity index (χ0n) is 7.81. The van der Waals surface area contributed by atoms with E-state index in [1.807, 2.05) is 12.1 Å². The van der Waals surface area contributed by atoms with Crippen LogP contribution in [0, 0.1) is 0 Å². The van der Waals surface area contributed by atoms with E-state index in [1.165, 1.54) is 6.26 Å². The second kappa shape index (κ2) is 4.40. The summed E-state index contributed by atoms with van der Waals surface area (Å²) < 4.78 is 4.75. The number of Topliss-reactive ketones (excluding diaryl/α,β-unsaturated/α-hetero) is 1. The Hall–Kier alpha value is -1.42. The van der Waals surface area contributed by atoms with Gasteiger partial charge >= 0.3 is 0 Å². The Morgan fingerprint density at radius 3 is 2.93 bits per heavy atom. The molecule has 0 bridgehead atoms. The summed E-state index contributed by atoms with van der Waals surface area (Å²) in [5.74, 6) is 0.0559. The summed E-state index contributed by atoms with van der Waals surface area (Å²) in [5, 5.41) is 4.14. The zero-order valence-corrected chi connectivity index (χ0v) is 9.40. The fourth-order valence-electron chi connectivity index (χ4n) is 1.29. The molecule has 0 radical (unpaired) electrons. The molecule has 1 aromatic carbocycles. The number of carbonyl (C=O) groups is 1. The van der Waals surface area contributed by atoms with Gasteiger partial charge in [0.15, 0.2) is 5.78 Å². The Kier molecular flexibility index (Phi) is 2.97. The molecule has 1 heterocycles. The van der Waals surface area contributed by atoms with Crippen LogP contribution in [0.3, 0.4) is 0 Å². The lowest BCUT2D eigenvalue weighted by Gasteiger charge is -1.99. The van der Waals surface area contributed by atoms with Gasteiger partial charge in [-0.1, -0.05) is 39.3 Å². The Morgan fingerprint density at radius 2 is 2.27 bits per heavy atom. The molecular formula is C11H8BrNO2. The lowest BCUT2D eigenvalue weighted by Crippen LogP contribution is -1.99. The van der Waals surface area contributed by atoms with Gasteiger partial charge in [-0.15, -0.1) is 0 Å². The highest BCUT2D eigenvalue weighted by molar-refractivity contribution is 9.09. The minimum atomic E-state index is 0.0559. The van der Waals surface area contributed by atoms with E-state index < -0.39 is 0 Å². The van der Waals surface area contributed by atoms with Crippen molar-refractivity contribution in [1.29, 1.82) is 0 Å². The van der Waals surface area contributed by atoms with E-state index in [4.69, 9.17) is 4.52 Å². The predicted octanol–water partition coefficient (Wildman–Crippen LogP) is 2.92. The lowest BCUT2D eigenvalue weighted by molar-refractivity contribution is 0.102. The SMILES string of the molecule is O=C(CBr)c1cccc(-c2ccon2)c1. The summed E-state index contributed by atoms with van der Waals surface area (Å²) in [6, 6.07) is 9.08. The molecule has 76 valence electrons. The summed E-state index contributed by atoms with van der Waals surface area (Å²) in [6.45, 7) is 0. The zero-order chi connectivity index (χ0) is 10.7. The predicted molar refractivity (Wildman–Crippen MR) is 60.1 cm³/mol. The van der Waals surface area contributed by atoms with Gasteiger partial charge in [0, 0.05) is 17.2 Å². The second-order valence-electron chi connectivity index (χ2n) is 3.02. The second-order valence-corrected chi connectivity index (χ2v) is 3.58. The number of hydrogen-bond acceptors (Lipinski definition) is 3. The number of alkyl halides is 1. The lowest BCUT2D eigenvalue weighted by atomic mass is 10.1. The van der Waals surface area contributed by atoms with Gasteiger partial charge in [0.05, 0.1) is 5.33 Å². The van der Waals surface area contributed by atoms with E-state index in [-0.39, 0.29) is 5.78 Å². The fraction of sp³-hybridized carbons (Fsp3) is 0.0909. The van der Waals surface area contributed by atoms with Crippen molar-refractivity contribution in [3.05, 3.63) is 42.2 Å². The van der Waals surface area contributed by atoms with Crippen LogP contribution >= 0.6 is 15.9 Å². The van der Waals surface area contributed by atoms with Gasteiger partial charge in [0.25, 0.3) is 0 Å². The van der Waals surface area contributed by atoms with Gasteiger partial charge in [-0.05, 0) is 6.07 Å². The molecule has 1 aromatic heterocycles. The van der Waals surface area contributed by atoms with Gasteiger partial charge in [-0.3, -0.25) is 4.79 Å². The van der Waals surface area contributed by atoms with Crippen LogP contribution in [-0.2, 0) is 0 Å². The van der Waals surface area contributed by atoms with Crippen molar-refractivity contribution in [3.8, 4) is 11.3 Å². The standard InChI is InChI=1S/C11H8BrNO2/c12-7-11(14)9-3-1-2-8(6-9)10-4-5-15-13-10/h1-6H,7H2. The molecule has 2 rings (SSSR count). The van der Waals surface area contributed by atoms with E-state index in [9.17, 15) is 4.79 Å². The molecule has 0 saturated carbocycles. The largest absolute Gasteiger partial charge is 0.364 e. The Morgan fingerprint density at radius 1 is 1.40 bits per heavy atom. The van der Waals surface area contributed by atoms with Crippen LogP contribution in [0.2, 0.25) is 0 Å². The monoisotopic (exact) mass is 265 g/mol. The van der Waals surface area contributed by atoms with Crippen molar-refractivity contribution in [3.63, 3.8) is 0 Å². The van der Waals surface area contributed by atoms with E-state index in [1.54, 1.807) is 18.2 Å². The highest BCUT2D eigenvalue weighted by atomic mass is 79.9. The highest BCUT2D eigenvalue weighted by Crippen LogP contribution is 2.18. The van der Waals surface area contributed by atoms with Crippen LogP contribution in [-0.4, -0.2) is 16.3 Å². The van der Waals surface area contributed by atoms with Crippen LogP contribution in [0.1, 0.15) is 10.4 Å². The Bertz CT molecular complexity index is 465. The number of halogens is 1. The summed E-state index contributed by atoms with van der Waals surface area (Å²) in [4.78, 5) is 11.4. The van der Waals surface area contributed by atoms with Gasteiger partial charge in [-0.25, -0.2) is 0 Å². The summed E-state index contributed by atoms with van der Waals surface area (Å²) in [5.41, 5.74) is 2.29. The fourth-order valence-corrected chi connectivity index (χ4v) is 1.61. The first-order valence-electron chi connectivity index (χ1n) is 4.41. The molecule has 0 aliphatic rings. The van der Waals surface area contributed by atoms with E-state index in [0.29, 0.717) is 10.9 Å². The maximum atomic E-state index is 11.4. The van der Waals surface area contributed by atoms with Crippen molar-refractivity contribution in [2.24, 2.45) is 0 Å². The molecule has 0 atom stereocenters. The maximum absolute atomic E-state index is 11.4. The third-order valence-electron chi connectivity index (χ3n) is 2.04. The quantitative estimate of drug-likeness (QED) is 0.633. The van der Waals surface area contributed by atoms with E-state index in [2.05, 4.69) is 21.1 Å². The van der Waals surface area contributed by atoms with Gasteiger partial charge < -0.3 is 4.52 Å². The van der Waals surface area contributed by atoms with Gasteiger partial charge in [0.1, 0.15) is 12.0 Å². The molecule has 0 spiro atoms. The van der Waals surface area contributed by atoms with Crippen LogP contribution in [0.15, 0.2) is 41.1 Å². The van der Waals surface area contributed by atoms with Crippen molar-refractivity contribution in [1.82, 2.24) is 5.16 Å². The van der Waals surface area contributed by atoms with Crippen LogP contribution < -0.4 is 0 Å². The molecular weight excluding hydrogens is 258 g/mol. The van der Waals surface area contributed by atoms with Crippen molar-refractivity contribution >= 4 is 21.7 Å². The number of hydrogen-bond donors (Lipinski definition) is 0. The van der Waals surface area contributed by atoms with Gasteiger partial charge in [0.2, 0.25) is 0 Å². The first-order valence-corrected chi connectivity index (χ1v) is 5.53. The van der Waals surface area contributed by atoms with Crippen molar-refractivity contribution in [2.45, 2.75) is 0 Å². The van der Waals surface area contributed by atoms with Crippen LogP contribution in [0.4, 0.5) is 0 Å². The Balaban J connectivity index is 2.39. The number of ketones is 1. The normalized spacial score (nSPS) is 10.2. The summed E-state index contributed by atoms with van der Waals surface area (Å²) in [7, 11) is 0. The molecule has 4 heteroatoms. The van der Waals surface area contributed by atoms with Crippen molar-refractivity contribution < 1.29 is 9.32 Å². The van der Waals surface area contributed by atoms with E-state index in [0.717, 1.165) is 11.3 Å². The van der Waals surface area contributed by atoms with Crippen LogP contribution in [0.5, 0.6) is 0 Å². The molecule has 0 aliphatic heterocycles. The summed E-state index contributed by atoms with van der Waals surface area (Å²) in [6.07, 6.45) is 1.51. The first-order chi connectivity index (χ1) is 7.31. The highest BCUT2D eigenvalue weighted by Gasteiger charge is 2.06. The first kappa shape index (κ1) is 10.1. The minimum absolute atomic E-state index is 0.0559. The smallest absolute Gasteiger partial charge is 0.173 e. The molecule has 3 nitrogen and oxygen atoms in total. The average molecular weight is 266 g/mol. The summed E-state index contributed by atoms with van der Waals surface area (Å²) >= 11 is 3.14. The number of benzene rings is 1. The molecule has 0 unspecified atom stereocenters. The van der Waals surface area contributed by atoms with Crippen molar-refractivity contribution in [2.75, 3.05) is 5.33 Å². The van der Waals surface area contributed by atoms with Gasteiger partial charge in [-0.2, -0.15) is 0 Å². The molecule has 2 aromatic rings.